The predicted octanol–water partition coefficient (Wildman–Crippen LogP) is 0.405. The number of nitrogens with zero attached hydrogens (tertiary/aromatic N) is 2. The quantitative estimate of drug-likeness (QED) is 0.692. The Morgan fingerprint density at radius 2 is 2.31 bits per heavy atom. The summed E-state index contributed by atoms with van der Waals surface area (Å²) in [6.45, 7) is 1.62. The number of carboxylic acid groups (broad SMARTS) is 1. The Kier molecular flexibility index (Phi) is 3.87. The van der Waals surface area contributed by atoms with Crippen LogP contribution in [0, 0.1) is 0 Å². The first kappa shape index (κ1) is 12.0. The Hall–Kier alpha value is -2.05. The normalized spacial score (nSPS) is 11.9. The number of anilines is 1. The highest BCUT2D eigenvalue weighted by Crippen LogP contribution is 2.03. The standard InChI is InChI=1S/C9H14N4O3/c1-6(3-8(14)15)11-9(16)12-7-4-10-13(2)5-7/h4-6H,3H2,1-2H3,(H,14,15)(H2,11,12,16). The Balaban J connectivity index is 2.38. The van der Waals surface area contributed by atoms with Crippen LogP contribution in [0.3, 0.4) is 0 Å². The number of urea groups is 1. The minimum absolute atomic E-state index is 0.111. The van der Waals surface area contributed by atoms with E-state index in [4.69, 9.17) is 5.11 Å². The molecular weight excluding hydrogens is 212 g/mol. The lowest BCUT2D eigenvalue weighted by Gasteiger charge is -2.11. The maximum Gasteiger partial charge on any atom is 0.319 e. The van der Waals surface area contributed by atoms with Gasteiger partial charge in [0.15, 0.2) is 0 Å². The van der Waals surface area contributed by atoms with Gasteiger partial charge in [0.1, 0.15) is 0 Å². The fourth-order valence-electron chi connectivity index (χ4n) is 1.19. The Labute approximate surface area is 92.4 Å². The van der Waals surface area contributed by atoms with Crippen molar-refractivity contribution < 1.29 is 14.7 Å². The fraction of sp³-hybridized carbons (Fsp3) is 0.444. The molecule has 7 nitrogen and oxygen atoms in total. The van der Waals surface area contributed by atoms with E-state index in [1.807, 2.05) is 0 Å². The lowest BCUT2D eigenvalue weighted by Crippen LogP contribution is -2.37. The number of amides is 2. The molecule has 0 saturated heterocycles. The third kappa shape index (κ3) is 3.99. The number of hydrogen-bond donors (Lipinski definition) is 3. The average Bonchev–Trinajstić information content (AvgIpc) is 2.48. The molecule has 0 saturated carbocycles. The molecule has 16 heavy (non-hydrogen) atoms. The van der Waals surface area contributed by atoms with E-state index >= 15 is 0 Å². The molecule has 0 fully saturated rings. The summed E-state index contributed by atoms with van der Waals surface area (Å²) in [5.41, 5.74) is 0.558. The molecule has 3 N–H and O–H groups in total. The average molecular weight is 226 g/mol. The molecule has 2 amide bonds. The number of nitrogens with one attached hydrogen (secondary N) is 2. The van der Waals surface area contributed by atoms with Crippen LogP contribution in [0.1, 0.15) is 13.3 Å². The van der Waals surface area contributed by atoms with Gasteiger partial charge in [-0.2, -0.15) is 5.10 Å². The third-order valence-corrected chi connectivity index (χ3v) is 1.82. The summed E-state index contributed by atoms with van der Waals surface area (Å²) in [5, 5.41) is 17.4. The van der Waals surface area contributed by atoms with Crippen molar-refractivity contribution in [1.82, 2.24) is 15.1 Å². The number of hydrogen-bond acceptors (Lipinski definition) is 3. The molecule has 1 unspecified atom stereocenters. The fourth-order valence-corrected chi connectivity index (χ4v) is 1.19. The van der Waals surface area contributed by atoms with Gasteiger partial charge in [-0.15, -0.1) is 0 Å². The van der Waals surface area contributed by atoms with Crippen LogP contribution >= 0.6 is 0 Å². The number of carbonyl (C=O) groups excluding carboxylic acids is 1. The van der Waals surface area contributed by atoms with Crippen LogP contribution in [-0.4, -0.2) is 32.9 Å². The molecule has 0 aliphatic carbocycles. The first-order valence-electron chi connectivity index (χ1n) is 4.75. The van der Waals surface area contributed by atoms with E-state index in [-0.39, 0.29) is 6.42 Å². The van der Waals surface area contributed by atoms with Crippen LogP contribution in [0.4, 0.5) is 10.5 Å². The van der Waals surface area contributed by atoms with Crippen LogP contribution in [0.25, 0.3) is 0 Å². The van der Waals surface area contributed by atoms with Crippen molar-refractivity contribution in [3.05, 3.63) is 12.4 Å². The maximum absolute atomic E-state index is 11.4. The first-order chi connectivity index (χ1) is 7.47. The summed E-state index contributed by atoms with van der Waals surface area (Å²) < 4.78 is 1.55. The minimum Gasteiger partial charge on any atom is -0.481 e. The highest BCUT2D eigenvalue weighted by atomic mass is 16.4. The van der Waals surface area contributed by atoms with Gasteiger partial charge in [0.2, 0.25) is 0 Å². The predicted molar refractivity (Wildman–Crippen MR) is 57.1 cm³/mol. The number of aromatic nitrogens is 2. The number of aliphatic carboxylic acids is 1. The molecule has 1 atom stereocenters. The molecule has 88 valence electrons. The van der Waals surface area contributed by atoms with Gasteiger partial charge in [-0.3, -0.25) is 9.48 Å². The zero-order valence-corrected chi connectivity index (χ0v) is 9.10. The smallest absolute Gasteiger partial charge is 0.319 e. The molecule has 1 aromatic heterocycles. The van der Waals surface area contributed by atoms with Crippen molar-refractivity contribution in [3.63, 3.8) is 0 Å². The lowest BCUT2D eigenvalue weighted by molar-refractivity contribution is -0.137. The highest BCUT2D eigenvalue weighted by molar-refractivity contribution is 5.89. The molecule has 0 aliphatic rings. The summed E-state index contributed by atoms with van der Waals surface area (Å²) >= 11 is 0. The van der Waals surface area contributed by atoms with Crippen LogP contribution in [0.2, 0.25) is 0 Å². The first-order valence-corrected chi connectivity index (χ1v) is 4.75. The Morgan fingerprint density at radius 1 is 1.62 bits per heavy atom. The summed E-state index contributed by atoms with van der Waals surface area (Å²) in [4.78, 5) is 21.7. The van der Waals surface area contributed by atoms with E-state index in [0.29, 0.717) is 5.69 Å². The van der Waals surface area contributed by atoms with Gasteiger partial charge in [-0.25, -0.2) is 4.79 Å². The zero-order valence-electron chi connectivity index (χ0n) is 9.10. The van der Waals surface area contributed by atoms with Crippen LogP contribution in [-0.2, 0) is 11.8 Å². The molecular formula is C9H14N4O3. The number of carbonyl (C=O) groups is 2. The molecule has 0 aliphatic heterocycles. The number of carboxylic acids is 1. The molecule has 0 bridgehead atoms. The van der Waals surface area contributed by atoms with Crippen LogP contribution in [0.5, 0.6) is 0 Å². The van der Waals surface area contributed by atoms with Crippen molar-refractivity contribution in [2.24, 2.45) is 7.05 Å². The van der Waals surface area contributed by atoms with Crippen LogP contribution < -0.4 is 10.6 Å². The second-order valence-electron chi connectivity index (χ2n) is 3.50. The van der Waals surface area contributed by atoms with E-state index in [1.165, 1.54) is 6.20 Å². The highest BCUT2D eigenvalue weighted by Gasteiger charge is 2.11. The topological polar surface area (TPSA) is 96.2 Å². The van der Waals surface area contributed by atoms with E-state index in [1.54, 1.807) is 24.9 Å². The largest absolute Gasteiger partial charge is 0.481 e. The second kappa shape index (κ2) is 5.15. The monoisotopic (exact) mass is 226 g/mol. The van der Waals surface area contributed by atoms with Gasteiger partial charge >= 0.3 is 12.0 Å². The SMILES string of the molecule is CC(CC(=O)O)NC(=O)Nc1cnn(C)c1. The summed E-state index contributed by atoms with van der Waals surface area (Å²) in [6, 6.07) is -0.865. The molecule has 0 radical (unpaired) electrons. The summed E-state index contributed by atoms with van der Waals surface area (Å²) in [5.74, 6) is -0.950. The van der Waals surface area contributed by atoms with Crippen molar-refractivity contribution in [1.29, 1.82) is 0 Å². The Morgan fingerprint density at radius 3 is 2.81 bits per heavy atom. The van der Waals surface area contributed by atoms with Crippen molar-refractivity contribution >= 4 is 17.7 Å². The van der Waals surface area contributed by atoms with Gasteiger partial charge < -0.3 is 15.7 Å². The molecule has 7 heteroatoms. The van der Waals surface area contributed by atoms with Gasteiger partial charge in [-0.05, 0) is 6.92 Å². The summed E-state index contributed by atoms with van der Waals surface area (Å²) in [6.07, 6.45) is 3.03. The molecule has 1 heterocycles. The van der Waals surface area contributed by atoms with Gasteiger partial charge in [0, 0.05) is 19.3 Å². The third-order valence-electron chi connectivity index (χ3n) is 1.82. The summed E-state index contributed by atoms with van der Waals surface area (Å²) in [7, 11) is 1.73. The number of rotatable bonds is 4. The van der Waals surface area contributed by atoms with Gasteiger partial charge in [0.05, 0.1) is 18.3 Å². The van der Waals surface area contributed by atoms with E-state index in [0.717, 1.165) is 0 Å². The van der Waals surface area contributed by atoms with Crippen molar-refractivity contribution in [3.8, 4) is 0 Å². The maximum atomic E-state index is 11.4. The molecule has 1 aromatic rings. The van der Waals surface area contributed by atoms with Crippen molar-refractivity contribution in [2.75, 3.05) is 5.32 Å². The van der Waals surface area contributed by atoms with Crippen molar-refractivity contribution in [2.45, 2.75) is 19.4 Å². The van der Waals surface area contributed by atoms with Gasteiger partial charge in [0.25, 0.3) is 0 Å². The molecule has 0 spiro atoms. The molecule has 1 rings (SSSR count). The minimum atomic E-state index is -0.950. The zero-order chi connectivity index (χ0) is 12.1. The lowest BCUT2D eigenvalue weighted by atomic mass is 10.2. The Bertz CT molecular complexity index is 388. The van der Waals surface area contributed by atoms with E-state index < -0.39 is 18.0 Å². The molecule has 0 aromatic carbocycles. The van der Waals surface area contributed by atoms with Gasteiger partial charge in [-0.1, -0.05) is 0 Å². The van der Waals surface area contributed by atoms with E-state index in [2.05, 4.69) is 15.7 Å². The van der Waals surface area contributed by atoms with E-state index in [9.17, 15) is 9.59 Å². The van der Waals surface area contributed by atoms with Crippen LogP contribution in [0.15, 0.2) is 12.4 Å². The second-order valence-corrected chi connectivity index (χ2v) is 3.50. The number of aryl methyl sites for hydroxylation is 1.